The number of nitriles is 1. The van der Waals surface area contributed by atoms with Crippen LogP contribution in [0.4, 0.5) is 5.69 Å². The molecule has 1 aromatic carbocycles. The van der Waals surface area contributed by atoms with Crippen LogP contribution in [0.2, 0.25) is 0 Å². The molecule has 0 bridgehead atoms. The first kappa shape index (κ1) is 13.8. The number of rotatable bonds is 1. The minimum atomic E-state index is -1.10. The van der Waals surface area contributed by atoms with Gasteiger partial charge in [0, 0.05) is 6.08 Å². The first-order chi connectivity index (χ1) is 9.99. The first-order valence-electron chi connectivity index (χ1n) is 6.56. The zero-order chi connectivity index (χ0) is 15.2. The van der Waals surface area contributed by atoms with Gasteiger partial charge in [0.1, 0.15) is 11.8 Å². The third kappa shape index (κ3) is 2.05. The number of nitrogens with one attached hydrogen (secondary N) is 1. The van der Waals surface area contributed by atoms with Crippen LogP contribution in [-0.4, -0.2) is 5.72 Å². The quantitative estimate of drug-likeness (QED) is 0.815. The van der Waals surface area contributed by atoms with E-state index in [0.717, 1.165) is 22.1 Å². The van der Waals surface area contributed by atoms with Crippen LogP contribution in [0.1, 0.15) is 19.4 Å². The van der Waals surface area contributed by atoms with Crippen LogP contribution in [0.3, 0.4) is 0 Å². The summed E-state index contributed by atoms with van der Waals surface area (Å²) in [4.78, 5) is 0. The van der Waals surface area contributed by atoms with Crippen molar-refractivity contribution in [1.29, 1.82) is 5.26 Å². The smallest absolute Gasteiger partial charge is 0.245 e. The average molecular weight is 348 g/mol. The number of hydrogen-bond acceptors (Lipinski definition) is 5. The lowest BCUT2D eigenvalue weighted by molar-refractivity contribution is 0.174. The molecule has 2 aliphatic rings. The number of ether oxygens (including phenoxy) is 2. The highest BCUT2D eigenvalue weighted by Gasteiger charge is 2.46. The zero-order valence-electron chi connectivity index (χ0n) is 11.7. The summed E-state index contributed by atoms with van der Waals surface area (Å²) in [7, 11) is 0. The molecule has 1 atom stereocenters. The van der Waals surface area contributed by atoms with Crippen molar-refractivity contribution in [2.24, 2.45) is 5.73 Å². The van der Waals surface area contributed by atoms with E-state index in [1.165, 1.54) is 0 Å². The maximum Gasteiger partial charge on any atom is 0.245 e. The molecule has 2 heterocycles. The molecule has 0 unspecified atom stereocenters. The SMILES string of the molecule is CCc1cc(Br)c2c(c1)N[C@]1(C=C(C)OC(N)=C1C#N)O2. The summed E-state index contributed by atoms with van der Waals surface area (Å²) in [6.07, 6.45) is 2.63. The summed E-state index contributed by atoms with van der Waals surface area (Å²) < 4.78 is 12.2. The van der Waals surface area contributed by atoms with Crippen molar-refractivity contribution >= 4 is 21.6 Å². The molecular formula is C15H14BrN3O2. The number of hydrogen-bond donors (Lipinski definition) is 2. The third-order valence-corrected chi connectivity index (χ3v) is 4.09. The summed E-state index contributed by atoms with van der Waals surface area (Å²) in [6.45, 7) is 3.85. The summed E-state index contributed by atoms with van der Waals surface area (Å²) in [5.74, 6) is 1.31. The molecule has 5 nitrogen and oxygen atoms in total. The fourth-order valence-electron chi connectivity index (χ4n) is 2.55. The molecule has 1 aromatic rings. The molecule has 0 aromatic heterocycles. The van der Waals surface area contributed by atoms with E-state index in [0.29, 0.717) is 11.5 Å². The Balaban J connectivity index is 2.13. The summed E-state index contributed by atoms with van der Waals surface area (Å²) in [5.41, 5.74) is 6.93. The van der Waals surface area contributed by atoms with E-state index in [1.807, 2.05) is 12.1 Å². The van der Waals surface area contributed by atoms with Crippen molar-refractivity contribution in [3.05, 3.63) is 45.5 Å². The number of nitrogens with two attached hydrogens (primary N) is 1. The largest absolute Gasteiger partial charge is 0.456 e. The first-order valence-corrected chi connectivity index (χ1v) is 7.35. The summed E-state index contributed by atoms with van der Waals surface area (Å²) in [6, 6.07) is 6.09. The number of aryl methyl sites for hydroxylation is 1. The molecule has 3 N–H and O–H groups in total. The van der Waals surface area contributed by atoms with Crippen LogP contribution in [0, 0.1) is 11.3 Å². The second-order valence-corrected chi connectivity index (χ2v) is 5.83. The maximum absolute atomic E-state index is 9.39. The second-order valence-electron chi connectivity index (χ2n) is 4.98. The fraction of sp³-hybridized carbons (Fsp3) is 0.267. The molecule has 0 saturated carbocycles. The summed E-state index contributed by atoms with van der Waals surface area (Å²) in [5, 5.41) is 12.7. The molecule has 0 fully saturated rings. The monoisotopic (exact) mass is 347 g/mol. The van der Waals surface area contributed by atoms with Gasteiger partial charge in [0.15, 0.2) is 11.3 Å². The van der Waals surface area contributed by atoms with Crippen molar-refractivity contribution in [2.75, 3.05) is 5.32 Å². The van der Waals surface area contributed by atoms with Gasteiger partial charge in [-0.15, -0.1) is 0 Å². The number of fused-ring (bicyclic) bond motifs is 1. The number of anilines is 1. The zero-order valence-corrected chi connectivity index (χ0v) is 13.2. The van der Waals surface area contributed by atoms with Crippen LogP contribution < -0.4 is 15.8 Å². The Hall–Kier alpha value is -2.13. The normalized spacial score (nSPS) is 22.9. The Morgan fingerprint density at radius 1 is 1.48 bits per heavy atom. The highest BCUT2D eigenvalue weighted by molar-refractivity contribution is 9.10. The Bertz CT molecular complexity index is 733. The van der Waals surface area contributed by atoms with Crippen LogP contribution >= 0.6 is 15.9 Å². The van der Waals surface area contributed by atoms with E-state index in [-0.39, 0.29) is 11.5 Å². The van der Waals surface area contributed by atoms with Crippen molar-refractivity contribution < 1.29 is 9.47 Å². The van der Waals surface area contributed by atoms with Gasteiger partial charge in [-0.25, -0.2) is 0 Å². The van der Waals surface area contributed by atoms with E-state index in [9.17, 15) is 5.26 Å². The molecule has 3 rings (SSSR count). The molecule has 0 saturated heterocycles. The van der Waals surface area contributed by atoms with Gasteiger partial charge in [-0.3, -0.25) is 0 Å². The topological polar surface area (TPSA) is 80.3 Å². The molecule has 2 aliphatic heterocycles. The lowest BCUT2D eigenvalue weighted by atomic mass is 10.0. The van der Waals surface area contributed by atoms with Crippen LogP contribution in [0.25, 0.3) is 0 Å². The summed E-state index contributed by atoms with van der Waals surface area (Å²) >= 11 is 3.51. The minimum absolute atomic E-state index is 0.0599. The highest BCUT2D eigenvalue weighted by atomic mass is 79.9. The van der Waals surface area contributed by atoms with Gasteiger partial charge in [0.2, 0.25) is 11.6 Å². The minimum Gasteiger partial charge on any atom is -0.456 e. The Labute approximate surface area is 131 Å². The molecule has 6 heteroatoms. The van der Waals surface area contributed by atoms with Gasteiger partial charge in [0.25, 0.3) is 0 Å². The van der Waals surface area contributed by atoms with Gasteiger partial charge in [-0.2, -0.15) is 5.26 Å². The number of halogens is 1. The standard InChI is InChI=1S/C15H14BrN3O2/c1-3-9-4-11(16)13-12(5-9)19-15(21-13)6-8(2)20-14(18)10(15)7-17/h4-6,19H,3,18H2,1-2H3/t15-/m1/s1. The number of nitrogens with zero attached hydrogens (tertiary/aromatic N) is 1. The van der Waals surface area contributed by atoms with Crippen molar-refractivity contribution in [2.45, 2.75) is 26.0 Å². The second kappa shape index (κ2) is 4.71. The van der Waals surface area contributed by atoms with Gasteiger partial charge in [-0.1, -0.05) is 6.92 Å². The fourth-order valence-corrected chi connectivity index (χ4v) is 3.14. The molecule has 108 valence electrons. The van der Waals surface area contributed by atoms with E-state index < -0.39 is 5.72 Å². The predicted molar refractivity (Wildman–Crippen MR) is 82.2 cm³/mol. The van der Waals surface area contributed by atoms with Crippen molar-refractivity contribution in [3.63, 3.8) is 0 Å². The molecule has 21 heavy (non-hydrogen) atoms. The van der Waals surface area contributed by atoms with Gasteiger partial charge < -0.3 is 20.5 Å². The van der Waals surface area contributed by atoms with Crippen LogP contribution in [-0.2, 0) is 11.2 Å². The van der Waals surface area contributed by atoms with Crippen LogP contribution in [0.15, 0.2) is 39.9 Å². The van der Waals surface area contributed by atoms with Gasteiger partial charge in [-0.05, 0) is 47.0 Å². The van der Waals surface area contributed by atoms with E-state index in [2.05, 4.69) is 34.2 Å². The van der Waals surface area contributed by atoms with Crippen molar-refractivity contribution in [1.82, 2.24) is 0 Å². The predicted octanol–water partition coefficient (Wildman–Crippen LogP) is 3.14. The van der Waals surface area contributed by atoms with E-state index in [1.54, 1.807) is 13.0 Å². The lowest BCUT2D eigenvalue weighted by Crippen LogP contribution is -2.44. The molecule has 0 aliphatic carbocycles. The average Bonchev–Trinajstić information content (AvgIpc) is 2.77. The Kier molecular flexibility index (Phi) is 3.10. The molecule has 1 spiro atoms. The van der Waals surface area contributed by atoms with Gasteiger partial charge >= 0.3 is 0 Å². The van der Waals surface area contributed by atoms with E-state index >= 15 is 0 Å². The molecule has 0 amide bonds. The Morgan fingerprint density at radius 3 is 2.90 bits per heavy atom. The maximum atomic E-state index is 9.39. The molecular weight excluding hydrogens is 334 g/mol. The highest BCUT2D eigenvalue weighted by Crippen LogP contribution is 2.47. The third-order valence-electron chi connectivity index (χ3n) is 3.50. The lowest BCUT2D eigenvalue weighted by Gasteiger charge is -2.30. The van der Waals surface area contributed by atoms with E-state index in [4.69, 9.17) is 15.2 Å². The van der Waals surface area contributed by atoms with Crippen LogP contribution in [0.5, 0.6) is 5.75 Å². The van der Waals surface area contributed by atoms with Crippen molar-refractivity contribution in [3.8, 4) is 11.8 Å². The Morgan fingerprint density at radius 2 is 2.24 bits per heavy atom. The van der Waals surface area contributed by atoms with Gasteiger partial charge in [0.05, 0.1) is 10.2 Å². The number of allylic oxidation sites excluding steroid dienone is 1. The molecule has 0 radical (unpaired) electrons. The number of benzene rings is 1.